The van der Waals surface area contributed by atoms with Crippen LogP contribution in [0.4, 0.5) is 4.79 Å². The maximum atomic E-state index is 12.2. The number of aliphatic hydroxyl groups is 1. The number of piperidine rings is 1. The number of hydrogen-bond acceptors (Lipinski definition) is 3. The Balaban J connectivity index is 1.73. The quantitative estimate of drug-likeness (QED) is 0.802. The van der Waals surface area contributed by atoms with Crippen molar-refractivity contribution in [2.45, 2.75) is 57.2 Å². The van der Waals surface area contributed by atoms with Gasteiger partial charge in [0.25, 0.3) is 0 Å². The fourth-order valence-corrected chi connectivity index (χ4v) is 3.78. The average Bonchev–Trinajstić information content (AvgIpc) is 2.71. The van der Waals surface area contributed by atoms with Gasteiger partial charge in [-0.2, -0.15) is 0 Å². The van der Waals surface area contributed by atoms with Crippen molar-refractivity contribution in [3.8, 4) is 0 Å². The molecule has 4 nitrogen and oxygen atoms in total. The average molecular weight is 303 g/mol. The van der Waals surface area contributed by atoms with Gasteiger partial charge in [0.05, 0.1) is 6.10 Å². The number of rotatable bonds is 0. The third-order valence-electron chi connectivity index (χ3n) is 4.91. The summed E-state index contributed by atoms with van der Waals surface area (Å²) in [5, 5.41) is 10.6. The van der Waals surface area contributed by atoms with Crippen LogP contribution in [0, 0.1) is 0 Å². The second kappa shape index (κ2) is 5.27. The molecule has 1 heterocycles. The number of carbonyl (C=O) groups excluding carboxylic acids is 1. The number of hydrogen-bond donors (Lipinski definition) is 1. The summed E-state index contributed by atoms with van der Waals surface area (Å²) in [6.07, 6.45) is 1.73. The van der Waals surface area contributed by atoms with E-state index in [1.807, 2.05) is 32.9 Å². The molecule has 0 radical (unpaired) electrons. The molecule has 0 aromatic heterocycles. The van der Waals surface area contributed by atoms with Gasteiger partial charge >= 0.3 is 6.09 Å². The van der Waals surface area contributed by atoms with E-state index in [1.165, 1.54) is 11.1 Å². The Morgan fingerprint density at radius 3 is 2.55 bits per heavy atom. The largest absolute Gasteiger partial charge is 0.444 e. The second-order valence-electron chi connectivity index (χ2n) is 7.50. The molecule has 1 aliphatic heterocycles. The first kappa shape index (κ1) is 15.3. The number of likely N-dealkylation sites (tertiary alicyclic amines) is 1. The van der Waals surface area contributed by atoms with Crippen molar-refractivity contribution >= 4 is 6.09 Å². The van der Waals surface area contributed by atoms with Gasteiger partial charge in [-0.25, -0.2) is 4.79 Å². The minimum atomic E-state index is -0.467. The molecule has 1 fully saturated rings. The number of carbonyl (C=O) groups is 1. The highest BCUT2D eigenvalue weighted by atomic mass is 16.6. The predicted molar refractivity (Wildman–Crippen MR) is 84.9 cm³/mol. The zero-order chi connectivity index (χ0) is 16.0. The predicted octanol–water partition coefficient (Wildman–Crippen LogP) is 2.87. The van der Waals surface area contributed by atoms with E-state index in [0.717, 1.165) is 19.3 Å². The molecule has 1 aromatic rings. The van der Waals surface area contributed by atoms with Gasteiger partial charge in [-0.05, 0) is 51.2 Å². The zero-order valence-electron chi connectivity index (χ0n) is 13.6. The van der Waals surface area contributed by atoms with Gasteiger partial charge in [0.1, 0.15) is 5.60 Å². The van der Waals surface area contributed by atoms with Crippen LogP contribution in [0.3, 0.4) is 0 Å². The Morgan fingerprint density at radius 1 is 1.27 bits per heavy atom. The Hall–Kier alpha value is -1.55. The summed E-state index contributed by atoms with van der Waals surface area (Å²) >= 11 is 0. The first-order valence-electron chi connectivity index (χ1n) is 8.06. The summed E-state index contributed by atoms with van der Waals surface area (Å²) in [6, 6.07) is 8.31. The third-order valence-corrected chi connectivity index (χ3v) is 4.91. The minimum absolute atomic E-state index is 0.185. The maximum Gasteiger partial charge on any atom is 0.410 e. The lowest BCUT2D eigenvalue weighted by Gasteiger charge is -2.42. The Labute approximate surface area is 132 Å². The molecular formula is C18H25NO3. The fourth-order valence-electron chi connectivity index (χ4n) is 3.78. The van der Waals surface area contributed by atoms with Crippen molar-refractivity contribution in [3.63, 3.8) is 0 Å². The Bertz CT molecular complexity index is 568. The first-order chi connectivity index (χ1) is 10.3. The molecule has 2 aliphatic rings. The van der Waals surface area contributed by atoms with Crippen LogP contribution in [-0.2, 0) is 16.6 Å². The van der Waals surface area contributed by atoms with Crippen molar-refractivity contribution in [3.05, 3.63) is 35.4 Å². The summed E-state index contributed by atoms with van der Waals surface area (Å²) in [6.45, 7) is 6.93. The van der Waals surface area contributed by atoms with Crippen LogP contribution in [0.15, 0.2) is 24.3 Å². The van der Waals surface area contributed by atoms with E-state index in [4.69, 9.17) is 4.74 Å². The normalized spacial score (nSPS) is 23.5. The van der Waals surface area contributed by atoms with E-state index in [-0.39, 0.29) is 17.6 Å². The molecule has 1 spiro atoms. The summed E-state index contributed by atoms with van der Waals surface area (Å²) < 4.78 is 5.45. The van der Waals surface area contributed by atoms with Crippen molar-refractivity contribution < 1.29 is 14.6 Å². The summed E-state index contributed by atoms with van der Waals surface area (Å²) in [5.41, 5.74) is 1.87. The molecule has 1 N–H and O–H groups in total. The highest BCUT2D eigenvalue weighted by Crippen LogP contribution is 2.46. The molecule has 0 bridgehead atoms. The third kappa shape index (κ3) is 2.60. The molecule has 1 saturated heterocycles. The minimum Gasteiger partial charge on any atom is -0.444 e. The molecule has 1 aliphatic carbocycles. The number of nitrogens with zero attached hydrogens (tertiary/aromatic N) is 1. The lowest BCUT2D eigenvalue weighted by Crippen LogP contribution is -2.50. The summed E-state index contributed by atoms with van der Waals surface area (Å²) in [4.78, 5) is 14.0. The molecule has 4 heteroatoms. The van der Waals surface area contributed by atoms with E-state index >= 15 is 0 Å². The standard InChI is InChI=1S/C18H25NO3/c1-17(2,3)22-16(21)19-10-8-18(9-11-19)14-7-5-4-6-13(14)12-15(18)20/h4-7,15,20H,8-12H2,1-3H3. The second-order valence-corrected chi connectivity index (χ2v) is 7.50. The van der Waals surface area contributed by atoms with E-state index < -0.39 is 5.60 Å². The lowest BCUT2D eigenvalue weighted by molar-refractivity contribution is 0.00279. The molecule has 1 atom stereocenters. The van der Waals surface area contributed by atoms with Crippen LogP contribution in [0.25, 0.3) is 0 Å². The Morgan fingerprint density at radius 2 is 1.91 bits per heavy atom. The zero-order valence-corrected chi connectivity index (χ0v) is 13.6. The van der Waals surface area contributed by atoms with Gasteiger partial charge in [-0.3, -0.25) is 0 Å². The van der Waals surface area contributed by atoms with Crippen LogP contribution in [-0.4, -0.2) is 40.9 Å². The SMILES string of the molecule is CC(C)(C)OC(=O)N1CCC2(CC1)c1ccccc1CC2O. The van der Waals surface area contributed by atoms with E-state index in [0.29, 0.717) is 13.1 Å². The molecule has 0 saturated carbocycles. The number of aliphatic hydroxyl groups excluding tert-OH is 1. The fraction of sp³-hybridized carbons (Fsp3) is 0.611. The van der Waals surface area contributed by atoms with Crippen LogP contribution < -0.4 is 0 Å². The summed E-state index contributed by atoms with van der Waals surface area (Å²) in [5.74, 6) is 0. The van der Waals surface area contributed by atoms with Gasteiger partial charge in [0.15, 0.2) is 0 Å². The van der Waals surface area contributed by atoms with Crippen LogP contribution >= 0.6 is 0 Å². The molecule has 3 rings (SSSR count). The van der Waals surface area contributed by atoms with Gasteiger partial charge in [0.2, 0.25) is 0 Å². The van der Waals surface area contributed by atoms with Gasteiger partial charge in [0, 0.05) is 18.5 Å². The van der Waals surface area contributed by atoms with Crippen LogP contribution in [0.2, 0.25) is 0 Å². The van der Waals surface area contributed by atoms with Crippen LogP contribution in [0.1, 0.15) is 44.7 Å². The van der Waals surface area contributed by atoms with E-state index in [9.17, 15) is 9.90 Å². The van der Waals surface area contributed by atoms with E-state index in [2.05, 4.69) is 12.1 Å². The van der Waals surface area contributed by atoms with Crippen molar-refractivity contribution in [2.75, 3.05) is 13.1 Å². The van der Waals surface area contributed by atoms with Gasteiger partial charge in [-0.15, -0.1) is 0 Å². The summed E-state index contributed by atoms with van der Waals surface area (Å²) in [7, 11) is 0. The maximum absolute atomic E-state index is 12.2. The van der Waals surface area contributed by atoms with Gasteiger partial charge < -0.3 is 14.7 Å². The number of fused-ring (bicyclic) bond motifs is 2. The van der Waals surface area contributed by atoms with Crippen LogP contribution in [0.5, 0.6) is 0 Å². The highest BCUT2D eigenvalue weighted by molar-refractivity contribution is 5.68. The molecule has 1 aromatic carbocycles. The molecule has 22 heavy (non-hydrogen) atoms. The number of ether oxygens (including phenoxy) is 1. The highest BCUT2D eigenvalue weighted by Gasteiger charge is 2.48. The number of benzene rings is 1. The topological polar surface area (TPSA) is 49.8 Å². The molecule has 1 amide bonds. The van der Waals surface area contributed by atoms with Crippen molar-refractivity contribution in [2.24, 2.45) is 0 Å². The van der Waals surface area contributed by atoms with Crippen molar-refractivity contribution in [1.29, 1.82) is 0 Å². The molecule has 120 valence electrons. The smallest absolute Gasteiger partial charge is 0.410 e. The van der Waals surface area contributed by atoms with E-state index in [1.54, 1.807) is 4.90 Å². The van der Waals surface area contributed by atoms with Gasteiger partial charge in [-0.1, -0.05) is 24.3 Å². The first-order valence-corrected chi connectivity index (χ1v) is 8.06. The monoisotopic (exact) mass is 303 g/mol. The Kier molecular flexibility index (Phi) is 3.68. The molecular weight excluding hydrogens is 278 g/mol. The lowest BCUT2D eigenvalue weighted by atomic mass is 9.72. The van der Waals surface area contributed by atoms with Crippen molar-refractivity contribution in [1.82, 2.24) is 4.90 Å². The number of amides is 1. The molecule has 1 unspecified atom stereocenters.